The maximum atomic E-state index is 10.1. The summed E-state index contributed by atoms with van der Waals surface area (Å²) in [6.45, 7) is 5.94. The maximum Gasteiger partial charge on any atom is 0.231 e. The van der Waals surface area contributed by atoms with E-state index in [0.29, 0.717) is 18.0 Å². The Morgan fingerprint density at radius 3 is 2.41 bits per heavy atom. The van der Waals surface area contributed by atoms with Gasteiger partial charge in [0.05, 0.1) is 0 Å². The fourth-order valence-electron chi connectivity index (χ4n) is 2.76. The summed E-state index contributed by atoms with van der Waals surface area (Å²) in [5, 5.41) is 10.1. The van der Waals surface area contributed by atoms with Crippen molar-refractivity contribution in [2.75, 3.05) is 13.8 Å². The molecule has 0 radical (unpaired) electrons. The Balaban J connectivity index is 1.73. The summed E-state index contributed by atoms with van der Waals surface area (Å²) in [7, 11) is 2.04. The van der Waals surface area contributed by atoms with Crippen LogP contribution in [0.15, 0.2) is 30.3 Å². The van der Waals surface area contributed by atoms with Crippen molar-refractivity contribution in [2.45, 2.75) is 26.9 Å². The van der Waals surface area contributed by atoms with Crippen molar-refractivity contribution in [3.63, 3.8) is 0 Å². The number of phenols is 1. The first-order valence-corrected chi connectivity index (χ1v) is 7.39. The molecule has 0 fully saturated rings. The van der Waals surface area contributed by atoms with Gasteiger partial charge in [-0.3, -0.25) is 4.90 Å². The molecule has 1 aliphatic heterocycles. The molecule has 0 saturated carbocycles. The number of hydrogen-bond acceptors (Lipinski definition) is 4. The molecule has 0 amide bonds. The fraction of sp³-hybridized carbons (Fsp3) is 0.333. The van der Waals surface area contributed by atoms with Crippen LogP contribution in [0.1, 0.15) is 22.3 Å². The summed E-state index contributed by atoms with van der Waals surface area (Å²) >= 11 is 0. The Labute approximate surface area is 130 Å². The standard InChI is InChI=1S/C18H21NO3/c1-12-4-5-14(13(2)6-12)9-19(3)10-15-7-17-18(8-16(15)20)22-11-21-17/h4-8,20H,9-11H2,1-3H3. The largest absolute Gasteiger partial charge is 0.507 e. The van der Waals surface area contributed by atoms with E-state index in [0.717, 1.165) is 12.1 Å². The summed E-state index contributed by atoms with van der Waals surface area (Å²) < 4.78 is 10.6. The van der Waals surface area contributed by atoms with Gasteiger partial charge in [0, 0.05) is 24.7 Å². The molecule has 2 aromatic rings. The number of nitrogens with zero attached hydrogens (tertiary/aromatic N) is 1. The van der Waals surface area contributed by atoms with Crippen LogP contribution < -0.4 is 9.47 Å². The number of rotatable bonds is 4. The Kier molecular flexibility index (Phi) is 3.94. The van der Waals surface area contributed by atoms with Crippen molar-refractivity contribution in [3.05, 3.63) is 52.6 Å². The monoisotopic (exact) mass is 299 g/mol. The van der Waals surface area contributed by atoms with Crippen LogP contribution in [0.3, 0.4) is 0 Å². The minimum Gasteiger partial charge on any atom is -0.507 e. The van der Waals surface area contributed by atoms with Crippen molar-refractivity contribution in [2.24, 2.45) is 0 Å². The van der Waals surface area contributed by atoms with Crippen LogP contribution in [-0.2, 0) is 13.1 Å². The van der Waals surface area contributed by atoms with E-state index in [2.05, 4.69) is 36.9 Å². The van der Waals surface area contributed by atoms with Gasteiger partial charge in [0.25, 0.3) is 0 Å². The Morgan fingerprint density at radius 2 is 1.68 bits per heavy atom. The number of hydrogen-bond donors (Lipinski definition) is 1. The first-order chi connectivity index (χ1) is 10.5. The second-order valence-corrected chi connectivity index (χ2v) is 5.94. The molecule has 4 nitrogen and oxygen atoms in total. The minimum absolute atomic E-state index is 0.219. The van der Waals surface area contributed by atoms with Crippen LogP contribution in [0.4, 0.5) is 0 Å². The SMILES string of the molecule is Cc1ccc(CN(C)Cc2cc3c(cc2O)OCO3)c(C)c1. The molecule has 2 aromatic carbocycles. The molecule has 116 valence electrons. The summed E-state index contributed by atoms with van der Waals surface area (Å²) in [5.41, 5.74) is 4.71. The van der Waals surface area contributed by atoms with E-state index in [-0.39, 0.29) is 12.5 Å². The maximum absolute atomic E-state index is 10.1. The van der Waals surface area contributed by atoms with Gasteiger partial charge >= 0.3 is 0 Å². The van der Waals surface area contributed by atoms with Crippen molar-refractivity contribution < 1.29 is 14.6 Å². The van der Waals surface area contributed by atoms with Crippen LogP contribution in [0.5, 0.6) is 17.2 Å². The number of aromatic hydroxyl groups is 1. The summed E-state index contributed by atoms with van der Waals surface area (Å²) in [4.78, 5) is 2.18. The predicted molar refractivity (Wildman–Crippen MR) is 85.3 cm³/mol. The molecule has 1 heterocycles. The smallest absolute Gasteiger partial charge is 0.231 e. The zero-order valence-corrected chi connectivity index (χ0v) is 13.2. The quantitative estimate of drug-likeness (QED) is 0.940. The van der Waals surface area contributed by atoms with Gasteiger partial charge in [0.1, 0.15) is 5.75 Å². The summed E-state index contributed by atoms with van der Waals surface area (Å²) in [5.74, 6) is 1.56. The molecular weight excluding hydrogens is 278 g/mol. The molecule has 0 aromatic heterocycles. The van der Waals surface area contributed by atoms with Crippen molar-refractivity contribution in [1.29, 1.82) is 0 Å². The Hall–Kier alpha value is -2.20. The molecule has 0 saturated heterocycles. The van der Waals surface area contributed by atoms with E-state index < -0.39 is 0 Å². The van der Waals surface area contributed by atoms with Crippen molar-refractivity contribution in [1.82, 2.24) is 4.90 Å². The molecule has 3 rings (SSSR count). The first-order valence-electron chi connectivity index (χ1n) is 7.39. The highest BCUT2D eigenvalue weighted by molar-refractivity contribution is 5.51. The average molecular weight is 299 g/mol. The van der Waals surface area contributed by atoms with Crippen LogP contribution in [0, 0.1) is 13.8 Å². The normalized spacial score (nSPS) is 12.9. The average Bonchev–Trinajstić information content (AvgIpc) is 2.89. The van der Waals surface area contributed by atoms with Gasteiger partial charge in [0.15, 0.2) is 11.5 Å². The highest BCUT2D eigenvalue weighted by atomic mass is 16.7. The van der Waals surface area contributed by atoms with Gasteiger partial charge in [-0.2, -0.15) is 0 Å². The molecule has 0 spiro atoms. The van der Waals surface area contributed by atoms with Gasteiger partial charge in [0.2, 0.25) is 6.79 Å². The highest BCUT2D eigenvalue weighted by Gasteiger charge is 2.17. The van der Waals surface area contributed by atoms with Crippen LogP contribution >= 0.6 is 0 Å². The number of ether oxygens (including phenoxy) is 2. The predicted octanol–water partition coefficient (Wildman–Crippen LogP) is 3.37. The number of fused-ring (bicyclic) bond motifs is 1. The molecule has 1 aliphatic rings. The van der Waals surface area contributed by atoms with E-state index in [1.165, 1.54) is 16.7 Å². The van der Waals surface area contributed by atoms with Crippen molar-refractivity contribution >= 4 is 0 Å². The zero-order valence-electron chi connectivity index (χ0n) is 13.2. The lowest BCUT2D eigenvalue weighted by atomic mass is 10.1. The molecule has 22 heavy (non-hydrogen) atoms. The highest BCUT2D eigenvalue weighted by Crippen LogP contribution is 2.38. The summed E-state index contributed by atoms with van der Waals surface area (Å²) in [6.07, 6.45) is 0. The Bertz CT molecular complexity index is 697. The molecule has 0 unspecified atom stereocenters. The van der Waals surface area contributed by atoms with Crippen molar-refractivity contribution in [3.8, 4) is 17.2 Å². The fourth-order valence-corrected chi connectivity index (χ4v) is 2.76. The zero-order chi connectivity index (χ0) is 15.7. The number of benzene rings is 2. The Morgan fingerprint density at radius 1 is 1.00 bits per heavy atom. The molecule has 1 N–H and O–H groups in total. The van der Waals surface area contributed by atoms with Gasteiger partial charge in [-0.05, 0) is 38.1 Å². The second-order valence-electron chi connectivity index (χ2n) is 5.94. The van der Waals surface area contributed by atoms with Gasteiger partial charge in [-0.25, -0.2) is 0 Å². The van der Waals surface area contributed by atoms with E-state index in [1.54, 1.807) is 6.07 Å². The van der Waals surface area contributed by atoms with E-state index in [1.807, 2.05) is 13.1 Å². The van der Waals surface area contributed by atoms with E-state index in [9.17, 15) is 5.11 Å². The third kappa shape index (κ3) is 3.02. The van der Waals surface area contributed by atoms with E-state index >= 15 is 0 Å². The van der Waals surface area contributed by atoms with E-state index in [4.69, 9.17) is 9.47 Å². The van der Waals surface area contributed by atoms with Crippen LogP contribution in [0.25, 0.3) is 0 Å². The lowest BCUT2D eigenvalue weighted by Crippen LogP contribution is -2.18. The van der Waals surface area contributed by atoms with Gasteiger partial charge in [-0.1, -0.05) is 23.8 Å². The van der Waals surface area contributed by atoms with Crippen LogP contribution in [-0.4, -0.2) is 23.8 Å². The molecule has 0 aliphatic carbocycles. The second kappa shape index (κ2) is 5.89. The lowest BCUT2D eigenvalue weighted by molar-refractivity contribution is 0.174. The van der Waals surface area contributed by atoms with Gasteiger partial charge < -0.3 is 14.6 Å². The number of phenolic OH excluding ortho intramolecular Hbond substituents is 1. The topological polar surface area (TPSA) is 41.9 Å². The van der Waals surface area contributed by atoms with Crippen LogP contribution in [0.2, 0.25) is 0 Å². The van der Waals surface area contributed by atoms with Gasteiger partial charge in [-0.15, -0.1) is 0 Å². The first kappa shape index (κ1) is 14.7. The molecule has 4 heteroatoms. The summed E-state index contributed by atoms with van der Waals surface area (Å²) in [6, 6.07) is 9.98. The minimum atomic E-state index is 0.219. The lowest BCUT2D eigenvalue weighted by Gasteiger charge is -2.19. The molecular formula is C18H21NO3. The third-order valence-electron chi connectivity index (χ3n) is 3.95. The number of aryl methyl sites for hydroxylation is 2. The third-order valence-corrected chi connectivity index (χ3v) is 3.95. The molecule has 0 atom stereocenters. The molecule has 0 bridgehead atoms.